The third-order valence-corrected chi connectivity index (χ3v) is 10.2. The Kier molecular flexibility index (Phi) is 5.84. The summed E-state index contributed by atoms with van der Waals surface area (Å²) in [5, 5.41) is 34.7. The van der Waals surface area contributed by atoms with Crippen molar-refractivity contribution in [1.29, 1.82) is 0 Å². The van der Waals surface area contributed by atoms with Crippen LogP contribution in [0.3, 0.4) is 0 Å². The first-order chi connectivity index (χ1) is 16.8. The second kappa shape index (κ2) is 8.22. The fraction of sp³-hybridized carbons (Fsp3) is 0.655. The minimum Gasteiger partial charge on any atom is -0.458 e. The molecule has 0 amide bonds. The third-order valence-electron chi connectivity index (χ3n) is 10.2. The van der Waals surface area contributed by atoms with E-state index in [1.54, 1.807) is 13.0 Å². The molecule has 0 aromatic heterocycles. The van der Waals surface area contributed by atoms with Crippen molar-refractivity contribution in [1.82, 2.24) is 0 Å². The van der Waals surface area contributed by atoms with E-state index in [0.29, 0.717) is 12.8 Å². The predicted molar refractivity (Wildman–Crippen MR) is 132 cm³/mol. The number of epoxide rings is 1. The van der Waals surface area contributed by atoms with Crippen LogP contribution >= 0.6 is 0 Å². The van der Waals surface area contributed by atoms with Gasteiger partial charge in [0.25, 0.3) is 0 Å². The fourth-order valence-corrected chi connectivity index (χ4v) is 7.53. The van der Waals surface area contributed by atoms with Gasteiger partial charge in [0.05, 0.1) is 35.7 Å². The average Bonchev–Trinajstić information content (AvgIpc) is 3.61. The van der Waals surface area contributed by atoms with Gasteiger partial charge in [-0.2, -0.15) is 0 Å². The van der Waals surface area contributed by atoms with Crippen LogP contribution in [0.25, 0.3) is 6.08 Å². The third kappa shape index (κ3) is 3.39. The molecule has 3 aliphatic carbocycles. The monoisotopic (exact) mass is 498 g/mol. The Bertz CT molecular complexity index is 1080. The Hall–Kier alpha value is -2.06. The van der Waals surface area contributed by atoms with E-state index < -0.39 is 58.1 Å². The number of rotatable bonds is 3. The van der Waals surface area contributed by atoms with E-state index in [-0.39, 0.29) is 24.2 Å². The molecule has 5 rings (SSSR count). The van der Waals surface area contributed by atoms with Gasteiger partial charge in [0.1, 0.15) is 11.7 Å². The normalized spacial score (nSPS) is 47.3. The van der Waals surface area contributed by atoms with Gasteiger partial charge < -0.3 is 24.8 Å². The molecule has 1 aliphatic heterocycles. The first-order valence-corrected chi connectivity index (χ1v) is 13.0. The zero-order valence-electron chi connectivity index (χ0n) is 21.7. The van der Waals surface area contributed by atoms with Crippen LogP contribution in [0, 0.1) is 28.1 Å². The number of carbonyl (C=O) groups is 2. The van der Waals surface area contributed by atoms with Crippen LogP contribution in [-0.2, 0) is 19.1 Å². The van der Waals surface area contributed by atoms with Crippen LogP contribution in [-0.4, -0.2) is 63.2 Å². The minimum atomic E-state index is -1.83. The molecule has 7 nitrogen and oxygen atoms in total. The molecule has 36 heavy (non-hydrogen) atoms. The second-order valence-electron chi connectivity index (χ2n) is 12.5. The lowest BCUT2D eigenvalue weighted by Gasteiger charge is -2.59. The molecule has 1 aromatic carbocycles. The zero-order valence-corrected chi connectivity index (χ0v) is 21.7. The molecule has 3 N–H and O–H groups in total. The highest BCUT2D eigenvalue weighted by molar-refractivity contribution is 5.96. The smallest absolute Gasteiger partial charge is 0.331 e. The number of carbonyl (C=O) groups excluding carboxylic acids is 2. The Labute approximate surface area is 212 Å². The highest BCUT2D eigenvalue weighted by Gasteiger charge is 2.79. The number of esters is 1. The van der Waals surface area contributed by atoms with Crippen molar-refractivity contribution in [2.75, 3.05) is 0 Å². The SMILES string of the molecule is C[C@H]1C[C@]2(O)C(=O)[C@@]3(C)[C@@H]4O[C@@H]4C(C)(C)[C@@H](O)CC[C@@]3(C)[C@H](O)[C@H]2[C@H]1OC(=O)/C=C/c1ccccc1. The number of benzene rings is 1. The van der Waals surface area contributed by atoms with E-state index in [1.807, 2.05) is 58.0 Å². The van der Waals surface area contributed by atoms with Gasteiger partial charge >= 0.3 is 5.97 Å². The Morgan fingerprint density at radius 1 is 1.11 bits per heavy atom. The molecule has 0 radical (unpaired) electrons. The van der Waals surface area contributed by atoms with Crippen LogP contribution in [0.1, 0.15) is 59.4 Å². The van der Waals surface area contributed by atoms with Crippen LogP contribution in [0.5, 0.6) is 0 Å². The molecule has 3 saturated carbocycles. The molecule has 196 valence electrons. The number of aliphatic hydroxyl groups excluding tert-OH is 2. The number of Topliss-reactive ketones (excluding diaryl/α,β-unsaturated/α-hetero) is 1. The molecular weight excluding hydrogens is 460 g/mol. The van der Waals surface area contributed by atoms with E-state index in [0.717, 1.165) is 5.56 Å². The van der Waals surface area contributed by atoms with Gasteiger partial charge in [-0.3, -0.25) is 4.79 Å². The molecule has 7 heteroatoms. The zero-order chi connectivity index (χ0) is 26.3. The van der Waals surface area contributed by atoms with Crippen molar-refractivity contribution in [2.24, 2.45) is 28.1 Å². The quantitative estimate of drug-likeness (QED) is 0.333. The maximum absolute atomic E-state index is 14.3. The number of ketones is 1. The summed E-state index contributed by atoms with van der Waals surface area (Å²) in [4.78, 5) is 27.0. The largest absolute Gasteiger partial charge is 0.458 e. The van der Waals surface area contributed by atoms with E-state index in [9.17, 15) is 24.9 Å². The number of hydrogen-bond acceptors (Lipinski definition) is 7. The number of aliphatic hydroxyl groups is 3. The van der Waals surface area contributed by atoms with Crippen molar-refractivity contribution in [3.05, 3.63) is 42.0 Å². The van der Waals surface area contributed by atoms with E-state index >= 15 is 0 Å². The standard InChI is InChI=1S/C29H38O7/c1-16-15-29(34)20(21(16)35-19(31)12-11-17-9-7-6-8-10-17)22(32)27(4)14-13-18(30)26(2,3)23-24(36-23)28(27,5)25(29)33/h6-12,16,18,20-24,30,32,34H,13-15H2,1-5H3/b12-11+/t16-,18-,20+,21-,22+,23-,24+,27-,28+,29+/m0/s1. The molecule has 10 atom stereocenters. The highest BCUT2D eigenvalue weighted by Crippen LogP contribution is 2.68. The Morgan fingerprint density at radius 3 is 2.44 bits per heavy atom. The van der Waals surface area contributed by atoms with Crippen molar-refractivity contribution in [3.8, 4) is 0 Å². The van der Waals surface area contributed by atoms with Gasteiger partial charge in [-0.1, -0.05) is 58.0 Å². The molecule has 4 fully saturated rings. The molecule has 0 unspecified atom stereocenters. The molecule has 0 bridgehead atoms. The first kappa shape index (κ1) is 25.6. The summed E-state index contributed by atoms with van der Waals surface area (Å²) >= 11 is 0. The summed E-state index contributed by atoms with van der Waals surface area (Å²) in [5.41, 5.74) is -3.67. The minimum absolute atomic E-state index is 0.100. The lowest BCUT2D eigenvalue weighted by molar-refractivity contribution is -0.220. The maximum Gasteiger partial charge on any atom is 0.331 e. The van der Waals surface area contributed by atoms with Gasteiger partial charge in [0.2, 0.25) is 0 Å². The first-order valence-electron chi connectivity index (χ1n) is 13.0. The summed E-state index contributed by atoms with van der Waals surface area (Å²) in [6.07, 6.45) is 0.379. The van der Waals surface area contributed by atoms with Crippen LogP contribution in [0.4, 0.5) is 0 Å². The molecule has 1 heterocycles. The lowest BCUT2D eigenvalue weighted by Crippen LogP contribution is -2.72. The molecule has 1 aromatic rings. The van der Waals surface area contributed by atoms with Gasteiger partial charge in [-0.15, -0.1) is 0 Å². The van der Waals surface area contributed by atoms with E-state index in [1.165, 1.54) is 6.08 Å². The van der Waals surface area contributed by atoms with Crippen LogP contribution in [0.2, 0.25) is 0 Å². The number of hydrogen-bond donors (Lipinski definition) is 3. The molecular formula is C29H38O7. The summed E-state index contributed by atoms with van der Waals surface area (Å²) in [6.45, 7) is 9.37. The Morgan fingerprint density at radius 2 is 1.78 bits per heavy atom. The van der Waals surface area contributed by atoms with E-state index in [2.05, 4.69) is 0 Å². The average molecular weight is 499 g/mol. The van der Waals surface area contributed by atoms with Gasteiger partial charge in [-0.25, -0.2) is 4.79 Å². The molecule has 0 spiro atoms. The van der Waals surface area contributed by atoms with Crippen LogP contribution < -0.4 is 0 Å². The lowest BCUT2D eigenvalue weighted by atomic mass is 9.45. The second-order valence-corrected chi connectivity index (χ2v) is 12.5. The predicted octanol–water partition coefficient (Wildman–Crippen LogP) is 2.90. The Balaban J connectivity index is 1.47. The molecule has 1 saturated heterocycles. The van der Waals surface area contributed by atoms with Crippen molar-refractivity contribution in [2.45, 2.75) is 90.0 Å². The van der Waals surface area contributed by atoms with Crippen molar-refractivity contribution < 1.29 is 34.4 Å². The van der Waals surface area contributed by atoms with Gasteiger partial charge in [0, 0.05) is 16.9 Å². The van der Waals surface area contributed by atoms with Crippen LogP contribution in [0.15, 0.2) is 36.4 Å². The van der Waals surface area contributed by atoms with E-state index in [4.69, 9.17) is 9.47 Å². The fourth-order valence-electron chi connectivity index (χ4n) is 7.53. The summed E-state index contributed by atoms with van der Waals surface area (Å²) < 4.78 is 11.9. The van der Waals surface area contributed by atoms with Gasteiger partial charge in [-0.05, 0) is 43.7 Å². The van der Waals surface area contributed by atoms with Crippen molar-refractivity contribution >= 4 is 17.8 Å². The maximum atomic E-state index is 14.3. The topological polar surface area (TPSA) is 117 Å². The number of fused-ring (bicyclic) bond motifs is 4. The summed E-state index contributed by atoms with van der Waals surface area (Å²) in [5.74, 6) is -2.23. The van der Waals surface area contributed by atoms with Crippen molar-refractivity contribution in [3.63, 3.8) is 0 Å². The molecule has 4 aliphatic rings. The highest BCUT2D eigenvalue weighted by atomic mass is 16.6. The summed E-state index contributed by atoms with van der Waals surface area (Å²) in [7, 11) is 0. The number of ether oxygens (including phenoxy) is 2. The summed E-state index contributed by atoms with van der Waals surface area (Å²) in [6, 6.07) is 9.35. The van der Waals surface area contributed by atoms with Gasteiger partial charge in [0.15, 0.2) is 5.78 Å².